The quantitative estimate of drug-likeness (QED) is 0.806. The number of thioether (sulfide) groups is 2. The van der Waals surface area contributed by atoms with E-state index in [-0.39, 0.29) is 5.75 Å². The molecular weight excluding hydrogens is 300 g/mol. The molecule has 19 heavy (non-hydrogen) atoms. The minimum Gasteiger partial charge on any atom is -0.398 e. The number of rotatable bonds is 5. The molecule has 3 N–H and O–H groups in total. The van der Waals surface area contributed by atoms with E-state index in [2.05, 4.69) is 4.72 Å². The normalized spacial score (nSPS) is 20.3. The smallest absolute Gasteiger partial charge is 0.215 e. The van der Waals surface area contributed by atoms with E-state index in [4.69, 9.17) is 5.73 Å². The zero-order valence-electron chi connectivity index (χ0n) is 10.5. The van der Waals surface area contributed by atoms with Gasteiger partial charge in [0.05, 0.1) is 5.75 Å². The topological polar surface area (TPSA) is 72.2 Å². The zero-order chi connectivity index (χ0) is 13.7. The molecule has 0 aliphatic carbocycles. The van der Waals surface area contributed by atoms with E-state index in [0.717, 1.165) is 17.3 Å². The third-order valence-electron chi connectivity index (χ3n) is 2.82. The fourth-order valence-corrected chi connectivity index (χ4v) is 5.74. The first kappa shape index (κ1) is 15.0. The molecule has 1 saturated heterocycles. The van der Waals surface area contributed by atoms with Gasteiger partial charge < -0.3 is 5.73 Å². The highest BCUT2D eigenvalue weighted by molar-refractivity contribution is 8.06. The number of nitrogens with one attached hydrogen (secondary N) is 1. The number of nitrogen functional groups attached to an aromatic ring is 1. The lowest BCUT2D eigenvalue weighted by molar-refractivity contribution is 0.581. The van der Waals surface area contributed by atoms with E-state index in [9.17, 15) is 8.42 Å². The van der Waals surface area contributed by atoms with E-state index in [1.807, 2.05) is 23.5 Å². The van der Waals surface area contributed by atoms with Gasteiger partial charge in [-0.15, -0.1) is 0 Å². The monoisotopic (exact) mass is 318 g/mol. The third kappa shape index (κ3) is 4.91. The van der Waals surface area contributed by atoms with E-state index in [1.165, 1.54) is 0 Å². The Labute approximate surface area is 123 Å². The Kier molecular flexibility index (Phi) is 5.44. The van der Waals surface area contributed by atoms with Gasteiger partial charge in [-0.1, -0.05) is 18.2 Å². The molecule has 0 radical (unpaired) electrons. The molecule has 106 valence electrons. The number of anilines is 1. The molecule has 0 spiro atoms. The summed E-state index contributed by atoms with van der Waals surface area (Å²) in [5.74, 6) is 3.22. The van der Waals surface area contributed by atoms with Crippen LogP contribution in [0.2, 0.25) is 0 Å². The first-order valence-corrected chi connectivity index (χ1v) is 9.92. The molecule has 1 aromatic rings. The van der Waals surface area contributed by atoms with E-state index >= 15 is 0 Å². The van der Waals surface area contributed by atoms with Crippen LogP contribution in [0.5, 0.6) is 0 Å². The van der Waals surface area contributed by atoms with Crippen LogP contribution >= 0.6 is 23.5 Å². The number of benzene rings is 1. The lowest BCUT2D eigenvalue weighted by atomic mass is 10.2. The second kappa shape index (κ2) is 6.88. The van der Waals surface area contributed by atoms with E-state index < -0.39 is 10.0 Å². The van der Waals surface area contributed by atoms with Crippen LogP contribution in [0, 0.1) is 0 Å². The minimum atomic E-state index is -3.31. The van der Waals surface area contributed by atoms with E-state index in [1.54, 1.807) is 24.3 Å². The Morgan fingerprint density at radius 1 is 1.32 bits per heavy atom. The summed E-state index contributed by atoms with van der Waals surface area (Å²) in [6.07, 6.45) is 0. The predicted octanol–water partition coefficient (Wildman–Crippen LogP) is 1.54. The molecule has 2 rings (SSSR count). The van der Waals surface area contributed by atoms with E-state index in [0.29, 0.717) is 23.0 Å². The van der Waals surface area contributed by atoms with Crippen molar-refractivity contribution in [1.82, 2.24) is 4.72 Å². The summed E-state index contributed by atoms with van der Waals surface area (Å²) in [5.41, 5.74) is 6.94. The molecule has 7 heteroatoms. The number of hydrogen-bond donors (Lipinski definition) is 2. The number of nitrogens with two attached hydrogens (primary N) is 1. The molecule has 1 heterocycles. The van der Waals surface area contributed by atoms with Gasteiger partial charge in [0, 0.05) is 34.7 Å². The van der Waals surface area contributed by atoms with Crippen LogP contribution in [-0.4, -0.2) is 37.5 Å². The summed E-state index contributed by atoms with van der Waals surface area (Å²) in [5, 5.41) is 0.377. The maximum atomic E-state index is 12.0. The largest absolute Gasteiger partial charge is 0.398 e. The van der Waals surface area contributed by atoms with Crippen LogP contribution in [-0.2, 0) is 15.8 Å². The number of sulfonamides is 1. The number of hydrogen-bond acceptors (Lipinski definition) is 5. The van der Waals surface area contributed by atoms with Crippen LogP contribution < -0.4 is 10.5 Å². The SMILES string of the molecule is Nc1ccccc1CS(=O)(=O)NCC1CSCCS1. The summed E-state index contributed by atoms with van der Waals surface area (Å²) < 4.78 is 26.7. The van der Waals surface area contributed by atoms with Gasteiger partial charge in [-0.3, -0.25) is 0 Å². The van der Waals surface area contributed by atoms with Gasteiger partial charge in [0.25, 0.3) is 0 Å². The molecule has 4 nitrogen and oxygen atoms in total. The molecule has 0 bridgehead atoms. The van der Waals surface area contributed by atoms with Crippen LogP contribution in [0.25, 0.3) is 0 Å². The molecule has 0 aromatic heterocycles. The van der Waals surface area contributed by atoms with Crippen LogP contribution in [0.3, 0.4) is 0 Å². The summed E-state index contributed by atoms with van der Waals surface area (Å²) >= 11 is 3.73. The molecule has 1 unspecified atom stereocenters. The van der Waals surface area contributed by atoms with Crippen LogP contribution in [0.1, 0.15) is 5.56 Å². The highest BCUT2D eigenvalue weighted by Gasteiger charge is 2.18. The summed E-state index contributed by atoms with van der Waals surface area (Å²) in [6.45, 7) is 0.507. The van der Waals surface area contributed by atoms with Crippen molar-refractivity contribution in [2.45, 2.75) is 11.0 Å². The highest BCUT2D eigenvalue weighted by Crippen LogP contribution is 2.23. The predicted molar refractivity (Wildman–Crippen MR) is 85.1 cm³/mol. The average molecular weight is 318 g/mol. The molecular formula is C12H18N2O2S3. The first-order valence-electron chi connectivity index (χ1n) is 6.07. The fourth-order valence-electron chi connectivity index (χ4n) is 1.80. The van der Waals surface area contributed by atoms with Crippen LogP contribution in [0.15, 0.2) is 24.3 Å². The van der Waals surface area contributed by atoms with Crippen molar-refractivity contribution >= 4 is 39.2 Å². The molecule has 1 aliphatic heterocycles. The summed E-state index contributed by atoms with van der Waals surface area (Å²) in [6, 6.07) is 7.07. The maximum Gasteiger partial charge on any atom is 0.215 e. The Hall–Kier alpha value is -0.370. The molecule has 1 fully saturated rings. The lowest BCUT2D eigenvalue weighted by Gasteiger charge is -2.21. The molecule has 1 aromatic carbocycles. The van der Waals surface area contributed by atoms with Crippen molar-refractivity contribution < 1.29 is 8.42 Å². The van der Waals surface area contributed by atoms with Gasteiger partial charge in [0.1, 0.15) is 0 Å². The van der Waals surface area contributed by atoms with Gasteiger partial charge in [-0.05, 0) is 11.6 Å². The Bertz CT molecular complexity index is 513. The number of para-hydroxylation sites is 1. The Morgan fingerprint density at radius 3 is 2.79 bits per heavy atom. The average Bonchev–Trinajstić information content (AvgIpc) is 2.40. The van der Waals surface area contributed by atoms with Gasteiger partial charge in [-0.25, -0.2) is 13.1 Å². The van der Waals surface area contributed by atoms with Crippen molar-refractivity contribution in [1.29, 1.82) is 0 Å². The minimum absolute atomic E-state index is 0.0514. The molecule has 0 saturated carbocycles. The van der Waals surface area contributed by atoms with Crippen molar-refractivity contribution in [3.63, 3.8) is 0 Å². The highest BCUT2D eigenvalue weighted by atomic mass is 32.2. The Morgan fingerprint density at radius 2 is 2.11 bits per heavy atom. The molecule has 0 amide bonds. The first-order chi connectivity index (χ1) is 9.07. The molecule has 1 atom stereocenters. The molecule has 1 aliphatic rings. The van der Waals surface area contributed by atoms with Crippen molar-refractivity contribution in [2.24, 2.45) is 0 Å². The second-order valence-electron chi connectivity index (χ2n) is 4.37. The Balaban J connectivity index is 1.90. The van der Waals surface area contributed by atoms with Crippen molar-refractivity contribution in [3.05, 3.63) is 29.8 Å². The second-order valence-corrected chi connectivity index (χ2v) is 8.74. The lowest BCUT2D eigenvalue weighted by Crippen LogP contribution is -2.34. The van der Waals surface area contributed by atoms with Gasteiger partial charge in [-0.2, -0.15) is 23.5 Å². The van der Waals surface area contributed by atoms with Gasteiger partial charge in [0.15, 0.2) is 0 Å². The fraction of sp³-hybridized carbons (Fsp3) is 0.500. The van der Waals surface area contributed by atoms with Crippen molar-refractivity contribution in [2.75, 3.05) is 29.5 Å². The maximum absolute atomic E-state index is 12.0. The third-order valence-corrected chi connectivity index (χ3v) is 6.96. The summed E-state index contributed by atoms with van der Waals surface area (Å²) in [4.78, 5) is 0. The zero-order valence-corrected chi connectivity index (χ0v) is 13.0. The van der Waals surface area contributed by atoms with Gasteiger partial charge >= 0.3 is 0 Å². The standard InChI is InChI=1S/C12H18N2O2S3/c13-12-4-2-1-3-10(12)9-19(15,16)14-7-11-8-17-5-6-18-11/h1-4,11,14H,5-9,13H2. The van der Waals surface area contributed by atoms with Gasteiger partial charge in [0.2, 0.25) is 10.0 Å². The summed E-state index contributed by atoms with van der Waals surface area (Å²) in [7, 11) is -3.31. The van der Waals surface area contributed by atoms with Crippen LogP contribution in [0.4, 0.5) is 5.69 Å². The van der Waals surface area contributed by atoms with Crippen molar-refractivity contribution in [3.8, 4) is 0 Å².